The van der Waals surface area contributed by atoms with Crippen LogP contribution in [0.1, 0.15) is 12.0 Å². The van der Waals surface area contributed by atoms with Crippen LogP contribution in [-0.4, -0.2) is 86.9 Å². The van der Waals surface area contributed by atoms with Gasteiger partial charge in [-0.2, -0.15) is 0 Å². The fourth-order valence-electron chi connectivity index (χ4n) is 4.37. The topological polar surface area (TPSA) is 77.5 Å². The fraction of sp³-hybridized carbons (Fsp3) is 0.462. The summed E-state index contributed by atoms with van der Waals surface area (Å²) < 4.78 is 36.1. The predicted octanol–water partition coefficient (Wildman–Crippen LogP) is 2.30. The maximum absolute atomic E-state index is 13.3. The summed E-state index contributed by atoms with van der Waals surface area (Å²) in [5.41, 5.74) is -0.234. The van der Waals surface area contributed by atoms with E-state index < -0.39 is 5.60 Å². The first-order valence-corrected chi connectivity index (χ1v) is 11.8. The first-order valence-electron chi connectivity index (χ1n) is 11.8. The second kappa shape index (κ2) is 11.5. The van der Waals surface area contributed by atoms with Crippen LogP contribution < -0.4 is 9.47 Å². The molecule has 2 heterocycles. The van der Waals surface area contributed by atoms with Crippen LogP contribution >= 0.6 is 0 Å². The number of hydrogen-bond acceptors (Lipinski definition) is 6. The highest BCUT2D eigenvalue weighted by Gasteiger charge is 2.42. The Morgan fingerprint density at radius 2 is 1.69 bits per heavy atom. The first-order chi connectivity index (χ1) is 17.0. The van der Waals surface area contributed by atoms with Crippen LogP contribution in [0.2, 0.25) is 0 Å². The molecular formula is C26H31FN2O6. The summed E-state index contributed by atoms with van der Waals surface area (Å²) in [6.07, 6.45) is 0.239. The van der Waals surface area contributed by atoms with Crippen LogP contribution in [0.15, 0.2) is 48.5 Å². The summed E-state index contributed by atoms with van der Waals surface area (Å²) >= 11 is 0. The normalized spacial score (nSPS) is 20.4. The van der Waals surface area contributed by atoms with Gasteiger partial charge < -0.3 is 28.7 Å². The van der Waals surface area contributed by atoms with E-state index in [1.165, 1.54) is 24.3 Å². The molecule has 188 valence electrons. The highest BCUT2D eigenvalue weighted by atomic mass is 19.1. The van der Waals surface area contributed by atoms with Gasteiger partial charge in [-0.1, -0.05) is 18.2 Å². The zero-order valence-corrected chi connectivity index (χ0v) is 19.9. The minimum absolute atomic E-state index is 0.0488. The van der Waals surface area contributed by atoms with Crippen molar-refractivity contribution in [1.82, 2.24) is 9.80 Å². The molecule has 2 fully saturated rings. The van der Waals surface area contributed by atoms with E-state index in [1.54, 1.807) is 16.9 Å². The number of ether oxygens (including phenoxy) is 4. The van der Waals surface area contributed by atoms with E-state index in [4.69, 9.17) is 18.9 Å². The van der Waals surface area contributed by atoms with Gasteiger partial charge in [0.2, 0.25) is 11.8 Å². The monoisotopic (exact) mass is 486 g/mol. The Hall–Kier alpha value is -3.17. The van der Waals surface area contributed by atoms with Gasteiger partial charge in [-0.25, -0.2) is 4.39 Å². The van der Waals surface area contributed by atoms with Crippen molar-refractivity contribution in [3.05, 3.63) is 59.9 Å². The van der Waals surface area contributed by atoms with E-state index in [-0.39, 0.29) is 50.2 Å². The molecule has 2 aliphatic rings. The van der Waals surface area contributed by atoms with Crippen LogP contribution in [0, 0.1) is 5.82 Å². The van der Waals surface area contributed by atoms with Crippen LogP contribution in [0.5, 0.6) is 11.5 Å². The quantitative estimate of drug-likeness (QED) is 0.570. The lowest BCUT2D eigenvalue weighted by atomic mass is 9.96. The number of hydrogen-bond donors (Lipinski definition) is 0. The van der Waals surface area contributed by atoms with E-state index in [9.17, 15) is 14.0 Å². The number of para-hydroxylation sites is 1. The van der Waals surface area contributed by atoms with Crippen LogP contribution in [0.4, 0.5) is 4.39 Å². The molecule has 9 heteroatoms. The largest absolute Gasteiger partial charge is 0.496 e. The summed E-state index contributed by atoms with van der Waals surface area (Å²) in [5, 5.41) is 0. The van der Waals surface area contributed by atoms with Gasteiger partial charge in [0.1, 0.15) is 29.5 Å². The van der Waals surface area contributed by atoms with Gasteiger partial charge in [0, 0.05) is 25.2 Å². The standard InChI is InChI=1S/C26H31FN2O6/c1-32-23-5-3-2-4-20(23)16-24(30)29-12-15-35-26(18-29,17-25(31)28-10-13-33-14-11-28)19-34-22-8-6-21(27)7-9-22/h2-9H,10-19H2,1H3/t26-/m1/s1. The Morgan fingerprint density at radius 1 is 0.971 bits per heavy atom. The highest BCUT2D eigenvalue weighted by Crippen LogP contribution is 2.27. The third-order valence-corrected chi connectivity index (χ3v) is 6.29. The highest BCUT2D eigenvalue weighted by molar-refractivity contribution is 5.80. The van der Waals surface area contributed by atoms with Gasteiger partial charge in [-0.05, 0) is 30.3 Å². The molecule has 0 radical (unpaired) electrons. The van der Waals surface area contributed by atoms with Crippen molar-refractivity contribution in [2.75, 3.05) is 59.7 Å². The average molecular weight is 487 g/mol. The molecule has 2 amide bonds. The fourth-order valence-corrected chi connectivity index (χ4v) is 4.37. The third kappa shape index (κ3) is 6.49. The Morgan fingerprint density at radius 3 is 2.43 bits per heavy atom. The van der Waals surface area contributed by atoms with Gasteiger partial charge in [0.25, 0.3) is 0 Å². The lowest BCUT2D eigenvalue weighted by molar-refractivity contribution is -0.167. The minimum Gasteiger partial charge on any atom is -0.496 e. The van der Waals surface area contributed by atoms with Crippen molar-refractivity contribution in [3.8, 4) is 11.5 Å². The predicted molar refractivity (Wildman–Crippen MR) is 126 cm³/mol. The molecule has 2 saturated heterocycles. The van der Waals surface area contributed by atoms with Crippen molar-refractivity contribution < 1.29 is 32.9 Å². The molecule has 0 bridgehead atoms. The number of nitrogens with zero attached hydrogens (tertiary/aromatic N) is 2. The van der Waals surface area contributed by atoms with E-state index in [0.29, 0.717) is 44.3 Å². The molecule has 4 rings (SSSR count). The van der Waals surface area contributed by atoms with Crippen molar-refractivity contribution >= 4 is 11.8 Å². The van der Waals surface area contributed by atoms with Crippen LogP contribution in [-0.2, 0) is 25.5 Å². The molecule has 2 aromatic rings. The van der Waals surface area contributed by atoms with E-state index in [0.717, 1.165) is 5.56 Å². The summed E-state index contributed by atoms with van der Waals surface area (Å²) in [7, 11) is 1.58. The summed E-state index contributed by atoms with van der Waals surface area (Å²) in [5.74, 6) is 0.600. The molecule has 0 spiro atoms. The smallest absolute Gasteiger partial charge is 0.227 e. The van der Waals surface area contributed by atoms with E-state index in [2.05, 4.69) is 0 Å². The molecule has 0 N–H and O–H groups in total. The Bertz CT molecular complexity index is 1010. The number of rotatable bonds is 8. The molecule has 2 aliphatic heterocycles. The molecule has 8 nitrogen and oxygen atoms in total. The van der Waals surface area contributed by atoms with Gasteiger partial charge in [0.05, 0.1) is 46.3 Å². The lowest BCUT2D eigenvalue weighted by Gasteiger charge is -2.43. The number of methoxy groups -OCH3 is 1. The Balaban J connectivity index is 1.49. The molecule has 2 aromatic carbocycles. The lowest BCUT2D eigenvalue weighted by Crippen LogP contribution is -2.59. The summed E-state index contributed by atoms with van der Waals surface area (Å²) in [6, 6.07) is 13.1. The maximum Gasteiger partial charge on any atom is 0.227 e. The Kier molecular flexibility index (Phi) is 8.20. The molecule has 0 aliphatic carbocycles. The molecular weight excluding hydrogens is 455 g/mol. The molecule has 0 unspecified atom stereocenters. The maximum atomic E-state index is 13.3. The van der Waals surface area contributed by atoms with Gasteiger partial charge in [-0.3, -0.25) is 9.59 Å². The number of carbonyl (C=O) groups is 2. The number of halogens is 1. The molecule has 0 aromatic heterocycles. The zero-order chi connectivity index (χ0) is 24.7. The summed E-state index contributed by atoms with van der Waals surface area (Å²) in [6.45, 7) is 2.98. The number of benzene rings is 2. The number of morpholine rings is 2. The van der Waals surface area contributed by atoms with Crippen LogP contribution in [0.25, 0.3) is 0 Å². The molecule has 1 atom stereocenters. The van der Waals surface area contributed by atoms with Gasteiger partial charge in [0.15, 0.2) is 0 Å². The number of carbonyl (C=O) groups excluding carboxylic acids is 2. The third-order valence-electron chi connectivity index (χ3n) is 6.29. The van der Waals surface area contributed by atoms with Gasteiger partial charge in [-0.15, -0.1) is 0 Å². The van der Waals surface area contributed by atoms with Gasteiger partial charge >= 0.3 is 0 Å². The SMILES string of the molecule is COc1ccccc1CC(=O)N1CCO[C@](COc2ccc(F)cc2)(CC(=O)N2CCOCC2)C1. The van der Waals surface area contributed by atoms with Crippen molar-refractivity contribution in [2.45, 2.75) is 18.4 Å². The zero-order valence-electron chi connectivity index (χ0n) is 19.9. The van der Waals surface area contributed by atoms with Crippen LogP contribution in [0.3, 0.4) is 0 Å². The Labute approximate surface area is 204 Å². The average Bonchev–Trinajstić information content (AvgIpc) is 2.89. The second-order valence-electron chi connectivity index (χ2n) is 8.75. The molecule has 0 saturated carbocycles. The minimum atomic E-state index is -1.03. The van der Waals surface area contributed by atoms with E-state index >= 15 is 0 Å². The van der Waals surface area contributed by atoms with E-state index in [1.807, 2.05) is 24.3 Å². The number of amides is 2. The van der Waals surface area contributed by atoms with Crippen molar-refractivity contribution in [2.24, 2.45) is 0 Å². The van der Waals surface area contributed by atoms with Crippen molar-refractivity contribution in [3.63, 3.8) is 0 Å². The molecule has 35 heavy (non-hydrogen) atoms. The first kappa shape index (κ1) is 24.9. The van der Waals surface area contributed by atoms with Crippen molar-refractivity contribution in [1.29, 1.82) is 0 Å². The summed E-state index contributed by atoms with van der Waals surface area (Å²) in [4.78, 5) is 29.9. The second-order valence-corrected chi connectivity index (χ2v) is 8.75.